The largest absolute Gasteiger partial charge is 0.497 e. The molecule has 1 saturated carbocycles. The van der Waals surface area contributed by atoms with Gasteiger partial charge < -0.3 is 19.4 Å². The molecule has 6 heteroatoms. The van der Waals surface area contributed by atoms with Crippen LogP contribution >= 0.6 is 0 Å². The van der Waals surface area contributed by atoms with Gasteiger partial charge in [-0.05, 0) is 54.8 Å². The van der Waals surface area contributed by atoms with Crippen LogP contribution in [0.5, 0.6) is 5.75 Å². The van der Waals surface area contributed by atoms with E-state index >= 15 is 0 Å². The molecule has 1 aliphatic rings. The summed E-state index contributed by atoms with van der Waals surface area (Å²) >= 11 is 0. The van der Waals surface area contributed by atoms with E-state index in [1.165, 1.54) is 11.0 Å². The Morgan fingerprint density at radius 2 is 1.96 bits per heavy atom. The molecule has 1 fully saturated rings. The number of hydrogen-bond acceptors (Lipinski definition) is 4. The van der Waals surface area contributed by atoms with Gasteiger partial charge in [0.15, 0.2) is 0 Å². The summed E-state index contributed by atoms with van der Waals surface area (Å²) in [6, 6.07) is 10.8. The van der Waals surface area contributed by atoms with Gasteiger partial charge in [-0.2, -0.15) is 0 Å². The summed E-state index contributed by atoms with van der Waals surface area (Å²) in [4.78, 5) is 25.6. The van der Waals surface area contributed by atoms with Crippen molar-refractivity contribution in [1.82, 2.24) is 4.90 Å². The molecule has 2 atom stereocenters. The van der Waals surface area contributed by atoms with Gasteiger partial charge in [0, 0.05) is 24.7 Å². The van der Waals surface area contributed by atoms with Gasteiger partial charge in [-0.1, -0.05) is 6.92 Å². The maximum Gasteiger partial charge on any atom is 0.246 e. The minimum absolute atomic E-state index is 0.0435. The number of anilines is 1. The number of furan rings is 1. The molecule has 27 heavy (non-hydrogen) atoms. The summed E-state index contributed by atoms with van der Waals surface area (Å²) in [5.41, 5.74) is 0.648. The fourth-order valence-electron chi connectivity index (χ4n) is 2.82. The molecule has 1 aromatic carbocycles. The van der Waals surface area contributed by atoms with Gasteiger partial charge in [0.05, 0.1) is 13.7 Å². The number of benzene rings is 1. The van der Waals surface area contributed by atoms with Crippen molar-refractivity contribution in [2.45, 2.75) is 19.3 Å². The highest BCUT2D eigenvalue weighted by Crippen LogP contribution is 2.47. The van der Waals surface area contributed by atoms with E-state index in [1.807, 2.05) is 12.1 Å². The van der Waals surface area contributed by atoms with Gasteiger partial charge in [-0.15, -0.1) is 0 Å². The molecule has 1 N–H and O–H groups in total. The minimum atomic E-state index is -0.271. The maximum absolute atomic E-state index is 12.2. The quantitative estimate of drug-likeness (QED) is 0.759. The predicted octanol–water partition coefficient (Wildman–Crippen LogP) is 3.52. The minimum Gasteiger partial charge on any atom is -0.497 e. The molecular weight excluding hydrogens is 344 g/mol. The van der Waals surface area contributed by atoms with Gasteiger partial charge >= 0.3 is 0 Å². The number of carbonyl (C=O) groups excluding carboxylic acids is 2. The summed E-state index contributed by atoms with van der Waals surface area (Å²) in [6.07, 6.45) is 4.21. The standard InChI is InChI=1S/C21H24N2O4/c1-14-12-18(14)19-10-8-17(27-19)9-11-21(25)23(2)13-20(24)22-15-4-6-16(26-3)7-5-15/h4-11,14,18H,12-13H2,1-3H3,(H,22,24)/b11-9+. The second-order valence-electron chi connectivity index (χ2n) is 6.86. The van der Waals surface area contributed by atoms with E-state index in [9.17, 15) is 9.59 Å². The second-order valence-corrected chi connectivity index (χ2v) is 6.86. The maximum atomic E-state index is 12.2. The van der Waals surface area contributed by atoms with Gasteiger partial charge in [-0.3, -0.25) is 9.59 Å². The fraction of sp³-hybridized carbons (Fsp3) is 0.333. The number of rotatable bonds is 7. The van der Waals surface area contributed by atoms with Gasteiger partial charge in [0.25, 0.3) is 0 Å². The molecule has 0 saturated heterocycles. The Labute approximate surface area is 158 Å². The molecule has 2 amide bonds. The highest BCUT2D eigenvalue weighted by Gasteiger charge is 2.36. The Kier molecular flexibility index (Phi) is 5.64. The highest BCUT2D eigenvalue weighted by atomic mass is 16.5. The summed E-state index contributed by atoms with van der Waals surface area (Å²) < 4.78 is 10.8. The first-order valence-corrected chi connectivity index (χ1v) is 8.93. The van der Waals surface area contributed by atoms with Crippen LogP contribution in [0.3, 0.4) is 0 Å². The van der Waals surface area contributed by atoms with E-state index in [0.29, 0.717) is 29.0 Å². The molecule has 1 aromatic heterocycles. The van der Waals surface area contributed by atoms with E-state index in [0.717, 1.165) is 12.2 Å². The first kappa shape index (κ1) is 18.8. The van der Waals surface area contributed by atoms with E-state index in [-0.39, 0.29) is 18.4 Å². The Morgan fingerprint density at radius 1 is 1.26 bits per heavy atom. The fourth-order valence-corrected chi connectivity index (χ4v) is 2.82. The Morgan fingerprint density at radius 3 is 2.59 bits per heavy atom. The molecule has 6 nitrogen and oxygen atoms in total. The Balaban J connectivity index is 1.49. The SMILES string of the molecule is COc1ccc(NC(=O)CN(C)C(=O)/C=C/c2ccc(C3CC3C)o2)cc1. The van der Waals surface area contributed by atoms with E-state index in [4.69, 9.17) is 9.15 Å². The average Bonchev–Trinajstić information content (AvgIpc) is 3.20. The smallest absolute Gasteiger partial charge is 0.246 e. The number of ether oxygens (including phenoxy) is 1. The topological polar surface area (TPSA) is 71.8 Å². The van der Waals surface area contributed by atoms with Crippen molar-refractivity contribution in [3.05, 3.63) is 54.0 Å². The Bertz CT molecular complexity index is 838. The summed E-state index contributed by atoms with van der Waals surface area (Å²) in [5, 5.41) is 2.75. The number of amides is 2. The number of carbonyl (C=O) groups is 2. The van der Waals surface area contributed by atoms with Crippen LogP contribution in [0, 0.1) is 5.92 Å². The van der Waals surface area contributed by atoms with Crippen LogP contribution in [-0.4, -0.2) is 37.4 Å². The highest BCUT2D eigenvalue weighted by molar-refractivity contribution is 5.97. The molecule has 0 aliphatic heterocycles. The van der Waals surface area contributed by atoms with Crippen LogP contribution < -0.4 is 10.1 Å². The molecule has 3 rings (SSSR count). The monoisotopic (exact) mass is 368 g/mol. The summed E-state index contributed by atoms with van der Waals surface area (Å²) in [6.45, 7) is 2.15. The van der Waals surface area contributed by atoms with Crippen LogP contribution in [0.4, 0.5) is 5.69 Å². The van der Waals surface area contributed by atoms with Crippen molar-refractivity contribution in [1.29, 1.82) is 0 Å². The van der Waals surface area contributed by atoms with Crippen LogP contribution in [-0.2, 0) is 9.59 Å². The molecular formula is C21H24N2O4. The lowest BCUT2D eigenvalue weighted by Crippen LogP contribution is -2.33. The molecule has 2 aromatic rings. The van der Waals surface area contributed by atoms with Crippen molar-refractivity contribution >= 4 is 23.6 Å². The first-order chi connectivity index (χ1) is 13.0. The lowest BCUT2D eigenvalue weighted by Gasteiger charge is -2.14. The lowest BCUT2D eigenvalue weighted by atomic mass is 10.3. The molecule has 1 heterocycles. The zero-order valence-corrected chi connectivity index (χ0v) is 15.8. The van der Waals surface area contributed by atoms with Crippen molar-refractivity contribution in [3.63, 3.8) is 0 Å². The lowest BCUT2D eigenvalue weighted by molar-refractivity contribution is -0.129. The van der Waals surface area contributed by atoms with E-state index < -0.39 is 0 Å². The zero-order chi connectivity index (χ0) is 19.4. The third-order valence-electron chi connectivity index (χ3n) is 4.64. The normalized spacial score (nSPS) is 18.3. The average molecular weight is 368 g/mol. The summed E-state index contributed by atoms with van der Waals surface area (Å²) in [5.74, 6) is 2.97. The van der Waals surface area contributed by atoms with Crippen LogP contribution in [0.15, 0.2) is 46.9 Å². The number of nitrogens with one attached hydrogen (secondary N) is 1. The third kappa shape index (κ3) is 5.00. The van der Waals surface area contributed by atoms with Gasteiger partial charge in [0.2, 0.25) is 11.8 Å². The van der Waals surface area contributed by atoms with Crippen molar-refractivity contribution in [2.24, 2.45) is 5.92 Å². The molecule has 0 bridgehead atoms. The van der Waals surface area contributed by atoms with Crippen LogP contribution in [0.25, 0.3) is 6.08 Å². The van der Waals surface area contributed by atoms with Crippen molar-refractivity contribution < 1.29 is 18.7 Å². The van der Waals surface area contributed by atoms with Crippen LogP contribution in [0.2, 0.25) is 0 Å². The van der Waals surface area contributed by atoms with Crippen LogP contribution in [0.1, 0.15) is 30.8 Å². The van der Waals surface area contributed by atoms with E-state index in [2.05, 4.69) is 12.2 Å². The van der Waals surface area contributed by atoms with Crippen molar-refractivity contribution in [3.8, 4) is 5.75 Å². The molecule has 1 aliphatic carbocycles. The first-order valence-electron chi connectivity index (χ1n) is 8.93. The number of likely N-dealkylation sites (N-methyl/N-ethyl adjacent to an activating group) is 1. The molecule has 2 unspecified atom stereocenters. The summed E-state index contributed by atoms with van der Waals surface area (Å²) in [7, 11) is 3.16. The number of hydrogen-bond donors (Lipinski definition) is 1. The van der Waals surface area contributed by atoms with Gasteiger partial charge in [-0.25, -0.2) is 0 Å². The molecule has 0 spiro atoms. The Hall–Kier alpha value is -3.02. The number of nitrogens with zero attached hydrogens (tertiary/aromatic N) is 1. The number of methoxy groups -OCH3 is 1. The molecule has 0 radical (unpaired) electrons. The van der Waals surface area contributed by atoms with Gasteiger partial charge in [0.1, 0.15) is 17.3 Å². The van der Waals surface area contributed by atoms with E-state index in [1.54, 1.807) is 44.5 Å². The molecule has 142 valence electrons. The van der Waals surface area contributed by atoms with Crippen molar-refractivity contribution in [2.75, 3.05) is 26.0 Å². The predicted molar refractivity (Wildman–Crippen MR) is 104 cm³/mol. The zero-order valence-electron chi connectivity index (χ0n) is 15.8. The second kappa shape index (κ2) is 8.12. The third-order valence-corrected chi connectivity index (χ3v) is 4.64.